The average Bonchev–Trinajstić information content (AvgIpc) is 2.46. The van der Waals surface area contributed by atoms with Crippen molar-refractivity contribution in [3.8, 4) is 5.75 Å². The molecule has 0 heterocycles. The van der Waals surface area contributed by atoms with Gasteiger partial charge in [-0.1, -0.05) is 42.5 Å². The van der Waals surface area contributed by atoms with Crippen LogP contribution >= 0.6 is 0 Å². The highest BCUT2D eigenvalue weighted by atomic mass is 16.3. The van der Waals surface area contributed by atoms with Crippen LogP contribution in [0, 0.1) is 0 Å². The van der Waals surface area contributed by atoms with Crippen LogP contribution in [-0.4, -0.2) is 16.9 Å². The molecule has 4 heteroatoms. The third kappa shape index (κ3) is 3.55. The standard InChI is InChI=1S/C16H13NO3/c18-14-9-5-4-8-13(14)16(20)17-15(19)11-10-12-6-2-1-3-7-12/h1-11,18H,(H,17,19,20)/b11-10+. The zero-order valence-corrected chi connectivity index (χ0v) is 10.6. The molecule has 0 unspecified atom stereocenters. The number of phenols is 1. The highest BCUT2D eigenvalue weighted by Gasteiger charge is 2.11. The summed E-state index contributed by atoms with van der Waals surface area (Å²) in [6.45, 7) is 0. The molecule has 20 heavy (non-hydrogen) atoms. The smallest absolute Gasteiger partial charge is 0.261 e. The van der Waals surface area contributed by atoms with Gasteiger partial charge < -0.3 is 5.11 Å². The highest BCUT2D eigenvalue weighted by Crippen LogP contribution is 2.14. The molecule has 2 N–H and O–H groups in total. The molecule has 2 amide bonds. The van der Waals surface area contributed by atoms with Crippen LogP contribution in [0.5, 0.6) is 5.75 Å². The Hall–Kier alpha value is -2.88. The van der Waals surface area contributed by atoms with Crippen molar-refractivity contribution in [1.82, 2.24) is 5.32 Å². The lowest BCUT2D eigenvalue weighted by Gasteiger charge is -2.03. The van der Waals surface area contributed by atoms with E-state index in [-0.39, 0.29) is 11.3 Å². The highest BCUT2D eigenvalue weighted by molar-refractivity contribution is 6.10. The number of carbonyl (C=O) groups excluding carboxylic acids is 2. The number of hydrogen-bond donors (Lipinski definition) is 2. The van der Waals surface area contributed by atoms with Crippen LogP contribution in [0.1, 0.15) is 15.9 Å². The normalized spacial score (nSPS) is 10.4. The first-order valence-electron chi connectivity index (χ1n) is 6.03. The van der Waals surface area contributed by atoms with E-state index in [0.717, 1.165) is 5.56 Å². The van der Waals surface area contributed by atoms with Crippen molar-refractivity contribution in [1.29, 1.82) is 0 Å². The van der Waals surface area contributed by atoms with Gasteiger partial charge >= 0.3 is 0 Å². The number of phenolic OH excluding ortho intramolecular Hbond substituents is 1. The van der Waals surface area contributed by atoms with Gasteiger partial charge in [-0.05, 0) is 23.8 Å². The molecule has 2 aromatic carbocycles. The monoisotopic (exact) mass is 267 g/mol. The molecule has 0 atom stereocenters. The van der Waals surface area contributed by atoms with E-state index in [1.165, 1.54) is 18.2 Å². The second-order valence-corrected chi connectivity index (χ2v) is 4.08. The summed E-state index contributed by atoms with van der Waals surface area (Å²) in [5, 5.41) is 11.7. The number of imide groups is 1. The first-order valence-corrected chi connectivity index (χ1v) is 6.03. The number of nitrogens with one attached hydrogen (secondary N) is 1. The van der Waals surface area contributed by atoms with Gasteiger partial charge in [0.2, 0.25) is 0 Å². The fourth-order valence-corrected chi connectivity index (χ4v) is 1.62. The van der Waals surface area contributed by atoms with E-state index in [0.29, 0.717) is 0 Å². The number of amides is 2. The Morgan fingerprint density at radius 2 is 1.60 bits per heavy atom. The summed E-state index contributed by atoms with van der Waals surface area (Å²) in [5.41, 5.74) is 0.923. The Morgan fingerprint density at radius 1 is 0.950 bits per heavy atom. The van der Waals surface area contributed by atoms with Gasteiger partial charge in [-0.15, -0.1) is 0 Å². The molecule has 0 fully saturated rings. The quantitative estimate of drug-likeness (QED) is 0.839. The summed E-state index contributed by atoms with van der Waals surface area (Å²) in [7, 11) is 0. The molecular formula is C16H13NO3. The molecule has 0 radical (unpaired) electrons. The molecule has 0 aliphatic carbocycles. The Bertz CT molecular complexity index is 648. The predicted molar refractivity (Wildman–Crippen MR) is 76.1 cm³/mol. The van der Waals surface area contributed by atoms with E-state index < -0.39 is 11.8 Å². The van der Waals surface area contributed by atoms with Crippen molar-refractivity contribution in [2.75, 3.05) is 0 Å². The van der Waals surface area contributed by atoms with E-state index >= 15 is 0 Å². The van der Waals surface area contributed by atoms with Crippen molar-refractivity contribution >= 4 is 17.9 Å². The minimum atomic E-state index is -0.634. The Labute approximate surface area is 116 Å². The molecule has 4 nitrogen and oxygen atoms in total. The summed E-state index contributed by atoms with van der Waals surface area (Å²) < 4.78 is 0. The molecule has 2 aromatic rings. The lowest BCUT2D eigenvalue weighted by Crippen LogP contribution is -2.28. The molecule has 100 valence electrons. The summed E-state index contributed by atoms with van der Waals surface area (Å²) >= 11 is 0. The molecule has 0 aliphatic heterocycles. The second-order valence-electron chi connectivity index (χ2n) is 4.08. The fraction of sp³-hybridized carbons (Fsp3) is 0. The van der Waals surface area contributed by atoms with Gasteiger partial charge in [0, 0.05) is 6.08 Å². The lowest BCUT2D eigenvalue weighted by atomic mass is 10.2. The minimum absolute atomic E-state index is 0.0639. The molecule has 0 saturated carbocycles. The Kier molecular flexibility index (Phi) is 4.29. The van der Waals surface area contributed by atoms with Gasteiger partial charge in [-0.2, -0.15) is 0 Å². The predicted octanol–water partition coefficient (Wildman–Crippen LogP) is 2.36. The first kappa shape index (κ1) is 13.5. The Morgan fingerprint density at radius 3 is 2.30 bits per heavy atom. The van der Waals surface area contributed by atoms with Crippen LogP contribution in [0.15, 0.2) is 60.7 Å². The van der Waals surface area contributed by atoms with Crippen LogP contribution in [0.2, 0.25) is 0 Å². The maximum absolute atomic E-state index is 11.8. The molecule has 0 saturated heterocycles. The number of hydrogen-bond acceptors (Lipinski definition) is 3. The van der Waals surface area contributed by atoms with Gasteiger partial charge in [0.15, 0.2) is 0 Å². The van der Waals surface area contributed by atoms with E-state index in [9.17, 15) is 14.7 Å². The maximum Gasteiger partial charge on any atom is 0.261 e. The number of aromatic hydroxyl groups is 1. The summed E-state index contributed by atoms with van der Waals surface area (Å²) in [4.78, 5) is 23.4. The van der Waals surface area contributed by atoms with Crippen LogP contribution < -0.4 is 5.32 Å². The summed E-state index contributed by atoms with van der Waals surface area (Å²) in [6, 6.07) is 15.3. The van der Waals surface area contributed by atoms with Crippen LogP contribution in [-0.2, 0) is 4.79 Å². The molecule has 0 aliphatic rings. The van der Waals surface area contributed by atoms with Gasteiger partial charge in [0.05, 0.1) is 5.56 Å². The molecular weight excluding hydrogens is 254 g/mol. The van der Waals surface area contributed by atoms with E-state index in [1.807, 2.05) is 30.3 Å². The third-order valence-corrected chi connectivity index (χ3v) is 2.61. The number of para-hydroxylation sites is 1. The molecule has 0 aromatic heterocycles. The van der Waals surface area contributed by atoms with Crippen molar-refractivity contribution in [2.24, 2.45) is 0 Å². The maximum atomic E-state index is 11.8. The minimum Gasteiger partial charge on any atom is -0.507 e. The Balaban J connectivity index is 2.00. The van der Waals surface area contributed by atoms with Crippen LogP contribution in [0.3, 0.4) is 0 Å². The summed E-state index contributed by atoms with van der Waals surface area (Å²) in [6.07, 6.45) is 2.88. The first-order chi connectivity index (χ1) is 9.66. The van der Waals surface area contributed by atoms with E-state index in [1.54, 1.807) is 18.2 Å². The summed E-state index contributed by atoms with van der Waals surface area (Å²) in [5.74, 6) is -1.34. The third-order valence-electron chi connectivity index (χ3n) is 2.61. The van der Waals surface area contributed by atoms with Crippen molar-refractivity contribution in [2.45, 2.75) is 0 Å². The number of rotatable bonds is 3. The lowest BCUT2D eigenvalue weighted by molar-refractivity contribution is -0.115. The van der Waals surface area contributed by atoms with Crippen LogP contribution in [0.25, 0.3) is 6.08 Å². The van der Waals surface area contributed by atoms with Gasteiger partial charge in [-0.25, -0.2) is 0 Å². The average molecular weight is 267 g/mol. The number of carbonyl (C=O) groups is 2. The van der Waals surface area contributed by atoms with Crippen molar-refractivity contribution < 1.29 is 14.7 Å². The fourth-order valence-electron chi connectivity index (χ4n) is 1.62. The molecule has 2 rings (SSSR count). The van der Waals surface area contributed by atoms with Crippen molar-refractivity contribution in [3.05, 3.63) is 71.8 Å². The zero-order valence-electron chi connectivity index (χ0n) is 10.6. The van der Waals surface area contributed by atoms with Gasteiger partial charge in [0.25, 0.3) is 11.8 Å². The zero-order chi connectivity index (χ0) is 14.4. The molecule has 0 bridgehead atoms. The van der Waals surface area contributed by atoms with Crippen LogP contribution in [0.4, 0.5) is 0 Å². The van der Waals surface area contributed by atoms with E-state index in [2.05, 4.69) is 5.32 Å². The molecule has 0 spiro atoms. The second kappa shape index (κ2) is 6.33. The van der Waals surface area contributed by atoms with E-state index in [4.69, 9.17) is 0 Å². The topological polar surface area (TPSA) is 66.4 Å². The number of benzene rings is 2. The van der Waals surface area contributed by atoms with Gasteiger partial charge in [0.1, 0.15) is 5.75 Å². The SMILES string of the molecule is O=C(/C=C/c1ccccc1)NC(=O)c1ccccc1O. The van der Waals surface area contributed by atoms with Gasteiger partial charge in [-0.3, -0.25) is 14.9 Å². The van der Waals surface area contributed by atoms with Crippen molar-refractivity contribution in [3.63, 3.8) is 0 Å². The largest absolute Gasteiger partial charge is 0.507 e.